The van der Waals surface area contributed by atoms with Gasteiger partial charge < -0.3 is 4.74 Å². The normalized spacial score (nSPS) is 11.6. The summed E-state index contributed by atoms with van der Waals surface area (Å²) in [6.07, 6.45) is 0.593. The van der Waals surface area contributed by atoms with Crippen LogP contribution in [-0.4, -0.2) is 28.2 Å². The molecule has 0 heterocycles. The van der Waals surface area contributed by atoms with E-state index in [0.29, 0.717) is 25.6 Å². The number of ether oxygens (including phenoxy) is 1. The Morgan fingerprint density at radius 2 is 2.14 bits per heavy atom. The molecule has 1 N–H and O–H groups in total. The van der Waals surface area contributed by atoms with E-state index in [0.717, 1.165) is 0 Å². The Morgan fingerprint density at radius 3 is 2.71 bits per heavy atom. The lowest BCUT2D eigenvalue weighted by Gasteiger charge is -2.09. The molecule has 1 aromatic rings. The number of nitrogens with zero attached hydrogens (tertiary/aromatic N) is 1. The zero-order valence-corrected chi connectivity index (χ0v) is 13.7. The Bertz CT molecular complexity index is 609. The van der Waals surface area contributed by atoms with E-state index in [1.807, 2.05) is 6.07 Å². The van der Waals surface area contributed by atoms with Crippen LogP contribution < -0.4 is 4.72 Å². The lowest BCUT2D eigenvalue weighted by molar-refractivity contribution is 0.108. The highest BCUT2D eigenvalue weighted by Gasteiger charge is 2.15. The average molecular weight is 331 g/mol. The van der Waals surface area contributed by atoms with Crippen molar-refractivity contribution in [2.75, 3.05) is 19.8 Å². The molecule has 0 aliphatic rings. The van der Waals surface area contributed by atoms with Gasteiger partial charge in [0.25, 0.3) is 0 Å². The number of nitrogens with one attached hydrogen (secondary N) is 1. The van der Waals surface area contributed by atoms with Gasteiger partial charge in [0, 0.05) is 19.8 Å². The van der Waals surface area contributed by atoms with Crippen molar-refractivity contribution in [2.45, 2.75) is 25.2 Å². The van der Waals surface area contributed by atoms with Crippen LogP contribution in [0.2, 0.25) is 5.02 Å². The minimum absolute atomic E-state index is 0.0506. The number of hydrogen-bond donors (Lipinski definition) is 1. The molecule has 7 heteroatoms. The summed E-state index contributed by atoms with van der Waals surface area (Å²) >= 11 is 5.83. The third-order valence-electron chi connectivity index (χ3n) is 2.58. The van der Waals surface area contributed by atoms with Crippen LogP contribution in [0.5, 0.6) is 0 Å². The molecule has 0 radical (unpaired) electrons. The van der Waals surface area contributed by atoms with Gasteiger partial charge >= 0.3 is 0 Å². The van der Waals surface area contributed by atoms with E-state index in [1.54, 1.807) is 0 Å². The first kappa shape index (κ1) is 17.9. The Hall–Kier alpha value is -1.13. The molecule has 5 nitrogen and oxygen atoms in total. The van der Waals surface area contributed by atoms with Gasteiger partial charge in [-0.2, -0.15) is 5.26 Å². The third-order valence-corrected chi connectivity index (χ3v) is 4.35. The SMILES string of the molecule is CC(C)COCCCNS(=O)(=O)c1ccc(C#N)c(Cl)c1. The second-order valence-corrected chi connectivity index (χ2v) is 7.15. The van der Waals surface area contributed by atoms with Gasteiger partial charge in [-0.1, -0.05) is 25.4 Å². The lowest BCUT2D eigenvalue weighted by atomic mass is 10.2. The van der Waals surface area contributed by atoms with Gasteiger partial charge in [-0.15, -0.1) is 0 Å². The van der Waals surface area contributed by atoms with Crippen molar-refractivity contribution < 1.29 is 13.2 Å². The van der Waals surface area contributed by atoms with Crippen LogP contribution in [0.25, 0.3) is 0 Å². The summed E-state index contributed by atoms with van der Waals surface area (Å²) in [6, 6.07) is 5.92. The molecule has 1 rings (SSSR count). The molecule has 21 heavy (non-hydrogen) atoms. The van der Waals surface area contributed by atoms with Crippen molar-refractivity contribution >= 4 is 21.6 Å². The van der Waals surface area contributed by atoms with Crippen molar-refractivity contribution in [3.05, 3.63) is 28.8 Å². The predicted molar refractivity (Wildman–Crippen MR) is 81.6 cm³/mol. The van der Waals surface area contributed by atoms with Crippen molar-refractivity contribution in [3.63, 3.8) is 0 Å². The maximum atomic E-state index is 12.0. The Morgan fingerprint density at radius 1 is 1.43 bits per heavy atom. The van der Waals surface area contributed by atoms with Gasteiger partial charge in [0.2, 0.25) is 10.0 Å². The predicted octanol–water partition coefficient (Wildman–Crippen LogP) is 2.55. The molecule has 0 saturated carbocycles. The fourth-order valence-corrected chi connectivity index (χ4v) is 2.92. The summed E-state index contributed by atoms with van der Waals surface area (Å²) in [7, 11) is -3.61. The molecular formula is C14H19ClN2O3S. The first-order valence-corrected chi connectivity index (χ1v) is 8.50. The molecule has 0 aromatic heterocycles. The fraction of sp³-hybridized carbons (Fsp3) is 0.500. The first-order chi connectivity index (χ1) is 9.86. The monoisotopic (exact) mass is 330 g/mol. The minimum Gasteiger partial charge on any atom is -0.381 e. The Labute approximate surface area is 130 Å². The van der Waals surface area contributed by atoms with Gasteiger partial charge in [0.05, 0.1) is 15.5 Å². The van der Waals surface area contributed by atoms with Crippen LogP contribution in [0.1, 0.15) is 25.8 Å². The molecular weight excluding hydrogens is 312 g/mol. The zero-order chi connectivity index (χ0) is 15.9. The maximum absolute atomic E-state index is 12.0. The standard InChI is InChI=1S/C14H19ClN2O3S/c1-11(2)10-20-7-3-6-17-21(18,19)13-5-4-12(9-16)14(15)8-13/h4-5,8,11,17H,3,6-7,10H2,1-2H3. The van der Waals surface area contributed by atoms with Gasteiger partial charge in [0.15, 0.2) is 0 Å². The quantitative estimate of drug-likeness (QED) is 0.743. The summed E-state index contributed by atoms with van der Waals surface area (Å²) in [6.45, 7) is 5.57. The van der Waals surface area contributed by atoms with E-state index in [1.165, 1.54) is 18.2 Å². The van der Waals surface area contributed by atoms with Crippen molar-refractivity contribution in [3.8, 4) is 6.07 Å². The molecule has 0 aliphatic carbocycles. The van der Waals surface area contributed by atoms with Gasteiger partial charge in [-0.05, 0) is 30.5 Å². The number of rotatable bonds is 8. The summed E-state index contributed by atoms with van der Waals surface area (Å²) in [4.78, 5) is 0.0506. The molecule has 0 aliphatic heterocycles. The summed E-state index contributed by atoms with van der Waals surface area (Å²) in [5, 5.41) is 8.89. The molecule has 0 atom stereocenters. The van der Waals surface area contributed by atoms with Crippen LogP contribution in [0.15, 0.2) is 23.1 Å². The molecule has 0 unspecified atom stereocenters. The molecule has 1 aromatic carbocycles. The van der Waals surface area contributed by atoms with Crippen molar-refractivity contribution in [1.29, 1.82) is 5.26 Å². The van der Waals surface area contributed by atoms with E-state index < -0.39 is 10.0 Å². The summed E-state index contributed by atoms with van der Waals surface area (Å²) < 4.78 is 31.9. The zero-order valence-electron chi connectivity index (χ0n) is 12.1. The molecule has 116 valence electrons. The van der Waals surface area contributed by atoms with Gasteiger partial charge in [0.1, 0.15) is 6.07 Å². The smallest absolute Gasteiger partial charge is 0.240 e. The molecule has 0 amide bonds. The van der Waals surface area contributed by atoms with Crippen LogP contribution in [0.3, 0.4) is 0 Å². The van der Waals surface area contributed by atoms with E-state index in [9.17, 15) is 8.42 Å². The molecule has 0 fully saturated rings. The average Bonchev–Trinajstić information content (AvgIpc) is 2.42. The highest BCUT2D eigenvalue weighted by molar-refractivity contribution is 7.89. The van der Waals surface area contributed by atoms with E-state index in [2.05, 4.69) is 18.6 Å². The largest absolute Gasteiger partial charge is 0.381 e. The minimum atomic E-state index is -3.61. The second kappa shape index (κ2) is 8.35. The second-order valence-electron chi connectivity index (χ2n) is 4.97. The number of halogens is 1. The lowest BCUT2D eigenvalue weighted by Crippen LogP contribution is -2.25. The van der Waals surface area contributed by atoms with E-state index in [4.69, 9.17) is 21.6 Å². The number of hydrogen-bond acceptors (Lipinski definition) is 4. The Kier molecular flexibility index (Phi) is 7.12. The summed E-state index contributed by atoms with van der Waals surface area (Å²) in [5.41, 5.74) is 0.248. The molecule has 0 spiro atoms. The third kappa shape index (κ3) is 6.02. The van der Waals surface area contributed by atoms with Gasteiger partial charge in [-0.25, -0.2) is 13.1 Å². The summed E-state index contributed by atoms with van der Waals surface area (Å²) in [5.74, 6) is 0.461. The van der Waals surface area contributed by atoms with Crippen molar-refractivity contribution in [2.24, 2.45) is 5.92 Å². The number of nitriles is 1. The Balaban J connectivity index is 2.51. The number of sulfonamides is 1. The van der Waals surface area contributed by atoms with Crippen LogP contribution in [-0.2, 0) is 14.8 Å². The van der Waals surface area contributed by atoms with Gasteiger partial charge in [-0.3, -0.25) is 0 Å². The maximum Gasteiger partial charge on any atom is 0.240 e. The highest BCUT2D eigenvalue weighted by atomic mass is 35.5. The topological polar surface area (TPSA) is 79.2 Å². The van der Waals surface area contributed by atoms with Crippen molar-refractivity contribution in [1.82, 2.24) is 4.72 Å². The first-order valence-electron chi connectivity index (χ1n) is 6.64. The molecule has 0 bridgehead atoms. The van der Waals surface area contributed by atoms with Crippen LogP contribution >= 0.6 is 11.6 Å². The molecule has 0 saturated heterocycles. The van der Waals surface area contributed by atoms with E-state index in [-0.39, 0.29) is 22.0 Å². The fourth-order valence-electron chi connectivity index (χ4n) is 1.54. The van der Waals surface area contributed by atoms with E-state index >= 15 is 0 Å². The highest BCUT2D eigenvalue weighted by Crippen LogP contribution is 2.19. The number of benzene rings is 1. The van der Waals surface area contributed by atoms with Crippen LogP contribution in [0, 0.1) is 17.2 Å². The van der Waals surface area contributed by atoms with Crippen LogP contribution in [0.4, 0.5) is 0 Å².